The summed E-state index contributed by atoms with van der Waals surface area (Å²) in [6.07, 6.45) is 4.53. The molecule has 0 radical (unpaired) electrons. The second-order valence-corrected chi connectivity index (χ2v) is 5.18. The largest absolute Gasteiger partial charge is 0.496 e. The molecule has 2 heteroatoms. The van der Waals surface area contributed by atoms with Crippen molar-refractivity contribution in [2.24, 2.45) is 5.92 Å². The maximum atomic E-state index is 10.4. The van der Waals surface area contributed by atoms with E-state index in [1.165, 1.54) is 12.8 Å². The van der Waals surface area contributed by atoms with Gasteiger partial charge in [0.15, 0.2) is 0 Å². The molecule has 0 aliphatic heterocycles. The highest BCUT2D eigenvalue weighted by Crippen LogP contribution is 2.37. The third kappa shape index (κ3) is 2.47. The van der Waals surface area contributed by atoms with E-state index in [4.69, 9.17) is 4.74 Å². The predicted octanol–water partition coefficient (Wildman–Crippen LogP) is 3.54. The van der Waals surface area contributed by atoms with E-state index in [9.17, 15) is 5.11 Å². The number of aryl methyl sites for hydroxylation is 2. The molecule has 0 aromatic heterocycles. The summed E-state index contributed by atoms with van der Waals surface area (Å²) in [7, 11) is 1.70. The molecule has 1 aromatic rings. The second kappa shape index (κ2) is 5.09. The van der Waals surface area contributed by atoms with Crippen molar-refractivity contribution in [1.29, 1.82) is 0 Å². The fourth-order valence-corrected chi connectivity index (χ4v) is 3.02. The van der Waals surface area contributed by atoms with Crippen molar-refractivity contribution < 1.29 is 9.84 Å². The van der Waals surface area contributed by atoms with Crippen LogP contribution in [0.2, 0.25) is 0 Å². The van der Waals surface area contributed by atoms with Crippen molar-refractivity contribution in [1.82, 2.24) is 0 Å². The van der Waals surface area contributed by atoms with Crippen molar-refractivity contribution in [2.75, 3.05) is 7.11 Å². The van der Waals surface area contributed by atoms with Gasteiger partial charge in [0.2, 0.25) is 0 Å². The molecule has 1 aliphatic carbocycles. The molecule has 0 saturated heterocycles. The summed E-state index contributed by atoms with van der Waals surface area (Å²) in [5.41, 5.74) is 3.27. The van der Waals surface area contributed by atoms with Crippen LogP contribution in [-0.2, 0) is 0 Å². The minimum Gasteiger partial charge on any atom is -0.496 e. The van der Waals surface area contributed by atoms with Crippen molar-refractivity contribution >= 4 is 0 Å². The van der Waals surface area contributed by atoms with E-state index in [0.29, 0.717) is 5.92 Å². The number of ether oxygens (including phenoxy) is 1. The first-order valence-electron chi connectivity index (χ1n) is 6.46. The third-order valence-electron chi connectivity index (χ3n) is 3.87. The average Bonchev–Trinajstić information content (AvgIpc) is 2.81. The van der Waals surface area contributed by atoms with Gasteiger partial charge in [0.1, 0.15) is 5.75 Å². The van der Waals surface area contributed by atoms with E-state index < -0.39 is 0 Å². The van der Waals surface area contributed by atoms with Gasteiger partial charge in [0.25, 0.3) is 0 Å². The van der Waals surface area contributed by atoms with Gasteiger partial charge in [-0.15, -0.1) is 0 Å². The Morgan fingerprint density at radius 1 is 1.18 bits per heavy atom. The average molecular weight is 234 g/mol. The molecule has 1 aromatic carbocycles. The van der Waals surface area contributed by atoms with Crippen LogP contribution in [0.15, 0.2) is 12.1 Å². The zero-order chi connectivity index (χ0) is 12.4. The van der Waals surface area contributed by atoms with Crippen LogP contribution in [0.5, 0.6) is 5.75 Å². The van der Waals surface area contributed by atoms with Crippen molar-refractivity contribution in [3.63, 3.8) is 0 Å². The molecule has 0 heterocycles. The fourth-order valence-electron chi connectivity index (χ4n) is 3.02. The zero-order valence-corrected chi connectivity index (χ0v) is 11.0. The molecule has 17 heavy (non-hydrogen) atoms. The Labute approximate surface area is 104 Å². The number of hydrogen-bond donors (Lipinski definition) is 1. The summed E-state index contributed by atoms with van der Waals surface area (Å²) < 4.78 is 5.35. The minimum atomic E-state index is -0.305. The van der Waals surface area contributed by atoms with E-state index >= 15 is 0 Å². The highest BCUT2D eigenvalue weighted by atomic mass is 16.5. The topological polar surface area (TPSA) is 29.5 Å². The quantitative estimate of drug-likeness (QED) is 0.867. The van der Waals surface area contributed by atoms with Gasteiger partial charge in [-0.1, -0.05) is 12.8 Å². The lowest BCUT2D eigenvalue weighted by Gasteiger charge is -2.20. The molecule has 94 valence electrons. The molecular formula is C15H22O2. The molecule has 1 saturated carbocycles. The van der Waals surface area contributed by atoms with Crippen molar-refractivity contribution in [3.8, 4) is 5.75 Å². The third-order valence-corrected chi connectivity index (χ3v) is 3.87. The van der Waals surface area contributed by atoms with Gasteiger partial charge in [-0.25, -0.2) is 0 Å². The summed E-state index contributed by atoms with van der Waals surface area (Å²) in [5, 5.41) is 10.4. The smallest absolute Gasteiger partial charge is 0.124 e. The van der Waals surface area contributed by atoms with E-state index in [0.717, 1.165) is 35.3 Å². The molecule has 1 aliphatic rings. The second-order valence-electron chi connectivity index (χ2n) is 5.18. The lowest BCUT2D eigenvalue weighted by Crippen LogP contribution is -2.09. The lowest BCUT2D eigenvalue weighted by molar-refractivity contribution is 0.111. The van der Waals surface area contributed by atoms with Crippen LogP contribution in [0.4, 0.5) is 0 Å². The fraction of sp³-hybridized carbons (Fsp3) is 0.600. The molecule has 2 nitrogen and oxygen atoms in total. The van der Waals surface area contributed by atoms with E-state index in [2.05, 4.69) is 12.1 Å². The monoisotopic (exact) mass is 234 g/mol. The van der Waals surface area contributed by atoms with Crippen LogP contribution in [0.3, 0.4) is 0 Å². The molecule has 2 rings (SSSR count). The molecule has 1 N–H and O–H groups in total. The molecule has 0 bridgehead atoms. The Morgan fingerprint density at radius 2 is 1.71 bits per heavy atom. The predicted molar refractivity (Wildman–Crippen MR) is 69.4 cm³/mol. The van der Waals surface area contributed by atoms with Gasteiger partial charge in [0, 0.05) is 0 Å². The van der Waals surface area contributed by atoms with Crippen molar-refractivity contribution in [3.05, 3.63) is 28.8 Å². The van der Waals surface area contributed by atoms with Gasteiger partial charge >= 0.3 is 0 Å². The first kappa shape index (κ1) is 12.4. The van der Waals surface area contributed by atoms with Crippen LogP contribution in [0.25, 0.3) is 0 Å². The van der Waals surface area contributed by atoms with Crippen molar-refractivity contribution in [2.45, 2.75) is 45.6 Å². The Kier molecular flexibility index (Phi) is 3.72. The Hall–Kier alpha value is -1.02. The Morgan fingerprint density at radius 3 is 2.18 bits per heavy atom. The summed E-state index contributed by atoms with van der Waals surface area (Å²) in [6, 6.07) is 4.13. The molecule has 1 atom stereocenters. The zero-order valence-electron chi connectivity index (χ0n) is 11.0. The molecular weight excluding hydrogens is 212 g/mol. The SMILES string of the molecule is COc1c(C)cc(C(O)C2CCCC2)cc1C. The number of benzene rings is 1. The lowest BCUT2D eigenvalue weighted by atomic mass is 9.92. The standard InChI is InChI=1S/C15H22O2/c1-10-8-13(9-11(2)15(10)17-3)14(16)12-6-4-5-7-12/h8-9,12,14,16H,4-7H2,1-3H3. The maximum Gasteiger partial charge on any atom is 0.124 e. The van der Waals surface area contributed by atoms with Crippen LogP contribution in [-0.4, -0.2) is 12.2 Å². The van der Waals surface area contributed by atoms with E-state index in [1.54, 1.807) is 7.11 Å². The first-order valence-corrected chi connectivity index (χ1v) is 6.46. The molecule has 0 amide bonds. The summed E-state index contributed by atoms with van der Waals surface area (Å²) >= 11 is 0. The van der Waals surface area contributed by atoms with Crippen LogP contribution < -0.4 is 4.74 Å². The van der Waals surface area contributed by atoms with E-state index in [-0.39, 0.29) is 6.10 Å². The normalized spacial score (nSPS) is 18.4. The van der Waals surface area contributed by atoms with Gasteiger partial charge in [-0.2, -0.15) is 0 Å². The number of methoxy groups -OCH3 is 1. The maximum absolute atomic E-state index is 10.4. The number of rotatable bonds is 3. The summed E-state index contributed by atoms with van der Waals surface area (Å²) in [4.78, 5) is 0. The Bertz CT molecular complexity index is 369. The molecule has 0 spiro atoms. The Balaban J connectivity index is 2.26. The van der Waals surface area contributed by atoms with E-state index in [1.807, 2.05) is 13.8 Å². The molecule has 1 fully saturated rings. The number of aliphatic hydroxyl groups is 1. The summed E-state index contributed by atoms with van der Waals surface area (Å²) in [6.45, 7) is 4.08. The van der Waals surface area contributed by atoms with Crippen LogP contribution >= 0.6 is 0 Å². The molecule has 1 unspecified atom stereocenters. The number of aliphatic hydroxyl groups excluding tert-OH is 1. The van der Waals surface area contributed by atoms with Gasteiger partial charge in [-0.05, 0) is 61.4 Å². The first-order chi connectivity index (χ1) is 8.13. The van der Waals surface area contributed by atoms with Gasteiger partial charge in [-0.3, -0.25) is 0 Å². The highest BCUT2D eigenvalue weighted by molar-refractivity contribution is 5.44. The minimum absolute atomic E-state index is 0.305. The number of hydrogen-bond acceptors (Lipinski definition) is 2. The van der Waals surface area contributed by atoms with Gasteiger partial charge in [0.05, 0.1) is 13.2 Å². The van der Waals surface area contributed by atoms with Crippen LogP contribution in [0, 0.1) is 19.8 Å². The highest BCUT2D eigenvalue weighted by Gasteiger charge is 2.25. The summed E-state index contributed by atoms with van der Waals surface area (Å²) in [5.74, 6) is 1.38. The van der Waals surface area contributed by atoms with Gasteiger partial charge < -0.3 is 9.84 Å². The van der Waals surface area contributed by atoms with Crippen LogP contribution in [0.1, 0.15) is 48.5 Å².